The van der Waals surface area contributed by atoms with Crippen LogP contribution in [0.5, 0.6) is 5.75 Å². The molecule has 1 unspecified atom stereocenters. The molecular formula is C14H23FN2O3S. The number of methoxy groups -OCH3 is 1. The van der Waals surface area contributed by atoms with Crippen LogP contribution in [0.2, 0.25) is 0 Å². The van der Waals surface area contributed by atoms with Crippen molar-refractivity contribution in [2.45, 2.75) is 32.6 Å². The summed E-state index contributed by atoms with van der Waals surface area (Å²) in [5.74, 6) is -0.841. The number of sulfonamides is 1. The molecule has 1 aromatic rings. The van der Waals surface area contributed by atoms with Crippen LogP contribution in [-0.4, -0.2) is 22.1 Å². The monoisotopic (exact) mass is 318 g/mol. The fourth-order valence-electron chi connectivity index (χ4n) is 1.58. The Hall–Kier alpha value is -1.34. The van der Waals surface area contributed by atoms with Crippen molar-refractivity contribution in [2.24, 2.45) is 11.3 Å². The van der Waals surface area contributed by atoms with E-state index < -0.39 is 15.8 Å². The molecule has 0 amide bonds. The first-order valence-electron chi connectivity index (χ1n) is 6.61. The Morgan fingerprint density at radius 2 is 1.95 bits per heavy atom. The van der Waals surface area contributed by atoms with Crippen molar-refractivity contribution in [3.63, 3.8) is 0 Å². The average Bonchev–Trinajstić information content (AvgIpc) is 2.34. The predicted octanol–water partition coefficient (Wildman–Crippen LogP) is 2.38. The maximum Gasteiger partial charge on any atom is 0.240 e. The third-order valence-electron chi connectivity index (χ3n) is 3.62. The molecule has 0 aromatic heterocycles. The zero-order valence-corrected chi connectivity index (χ0v) is 13.8. The molecule has 0 spiro atoms. The summed E-state index contributed by atoms with van der Waals surface area (Å²) in [5.41, 5.74) is 5.51. The molecule has 1 atom stereocenters. The van der Waals surface area contributed by atoms with E-state index in [1.807, 2.05) is 27.7 Å². The molecule has 3 N–H and O–H groups in total. The van der Waals surface area contributed by atoms with Gasteiger partial charge in [-0.25, -0.2) is 17.5 Å². The molecule has 120 valence electrons. The van der Waals surface area contributed by atoms with Gasteiger partial charge in [-0.3, -0.25) is 0 Å². The summed E-state index contributed by atoms with van der Waals surface area (Å²) in [6.07, 6.45) is 0. The fraction of sp³-hybridized carbons (Fsp3) is 0.571. The molecule has 0 fully saturated rings. The highest BCUT2D eigenvalue weighted by molar-refractivity contribution is 7.89. The van der Waals surface area contributed by atoms with Crippen LogP contribution < -0.4 is 15.2 Å². The first kappa shape index (κ1) is 17.7. The Morgan fingerprint density at radius 1 is 1.38 bits per heavy atom. The largest absolute Gasteiger partial charge is 0.492 e. The third-order valence-corrected chi connectivity index (χ3v) is 5.02. The van der Waals surface area contributed by atoms with E-state index in [9.17, 15) is 12.8 Å². The molecule has 5 nitrogen and oxygen atoms in total. The highest BCUT2D eigenvalue weighted by Gasteiger charge is 2.24. The van der Waals surface area contributed by atoms with Gasteiger partial charge in [-0.15, -0.1) is 0 Å². The number of ether oxygens (including phenoxy) is 1. The van der Waals surface area contributed by atoms with Gasteiger partial charge in [0, 0.05) is 6.54 Å². The van der Waals surface area contributed by atoms with E-state index >= 15 is 0 Å². The SMILES string of the molecule is COc1c(N)cc(S(=O)(=O)NCC(C)C(C)(C)C)cc1F. The molecule has 1 aromatic carbocycles. The molecule has 0 aliphatic rings. The van der Waals surface area contributed by atoms with E-state index in [-0.39, 0.29) is 34.2 Å². The van der Waals surface area contributed by atoms with Gasteiger partial charge in [0.05, 0.1) is 17.7 Å². The van der Waals surface area contributed by atoms with Crippen molar-refractivity contribution >= 4 is 15.7 Å². The first-order chi connectivity index (χ1) is 9.49. The van der Waals surface area contributed by atoms with Crippen LogP contribution >= 0.6 is 0 Å². The second-order valence-electron chi connectivity index (χ2n) is 6.15. The third kappa shape index (κ3) is 4.31. The molecule has 0 heterocycles. The molecule has 7 heteroatoms. The van der Waals surface area contributed by atoms with Crippen LogP contribution in [-0.2, 0) is 10.0 Å². The van der Waals surface area contributed by atoms with Gasteiger partial charge in [0.1, 0.15) is 0 Å². The molecule has 0 radical (unpaired) electrons. The van der Waals surface area contributed by atoms with Crippen molar-refractivity contribution in [1.82, 2.24) is 4.72 Å². The van der Waals surface area contributed by atoms with Gasteiger partial charge in [-0.05, 0) is 23.5 Å². The number of nitrogens with two attached hydrogens (primary N) is 1. The second kappa shape index (κ2) is 6.19. The number of hydrogen-bond donors (Lipinski definition) is 2. The summed E-state index contributed by atoms with van der Waals surface area (Å²) < 4.78 is 45.4. The number of benzene rings is 1. The number of nitrogens with one attached hydrogen (secondary N) is 1. The lowest BCUT2D eigenvalue weighted by Gasteiger charge is -2.27. The normalized spacial score (nSPS) is 14.0. The van der Waals surface area contributed by atoms with Gasteiger partial charge < -0.3 is 10.5 Å². The highest BCUT2D eigenvalue weighted by Crippen LogP contribution is 2.29. The lowest BCUT2D eigenvalue weighted by molar-refractivity contribution is 0.263. The van der Waals surface area contributed by atoms with Crippen LogP contribution in [0.15, 0.2) is 17.0 Å². The summed E-state index contributed by atoms with van der Waals surface area (Å²) in [5, 5.41) is 0. The average molecular weight is 318 g/mol. The topological polar surface area (TPSA) is 81.4 Å². The maximum atomic E-state index is 13.7. The fourth-order valence-corrected chi connectivity index (χ4v) is 2.76. The standard InChI is InChI=1S/C14H23FN2O3S/c1-9(14(2,3)4)8-17-21(18,19)10-6-11(15)13(20-5)12(16)7-10/h6-7,9,17H,8,16H2,1-5H3. The molecule has 1 rings (SSSR count). The van der Waals surface area contributed by atoms with E-state index in [1.165, 1.54) is 13.2 Å². The summed E-state index contributed by atoms with van der Waals surface area (Å²) >= 11 is 0. The van der Waals surface area contributed by atoms with Gasteiger partial charge in [-0.2, -0.15) is 0 Å². The molecular weight excluding hydrogens is 295 g/mol. The van der Waals surface area contributed by atoms with Gasteiger partial charge in [0.2, 0.25) is 10.0 Å². The number of halogens is 1. The zero-order valence-electron chi connectivity index (χ0n) is 13.0. The number of nitrogen functional groups attached to an aromatic ring is 1. The van der Waals surface area contributed by atoms with Crippen molar-refractivity contribution in [1.29, 1.82) is 0 Å². The van der Waals surface area contributed by atoms with Crippen molar-refractivity contribution in [3.05, 3.63) is 17.9 Å². The highest BCUT2D eigenvalue weighted by atomic mass is 32.2. The minimum Gasteiger partial charge on any atom is -0.492 e. The minimum atomic E-state index is -3.81. The van der Waals surface area contributed by atoms with E-state index in [0.717, 1.165) is 6.07 Å². The predicted molar refractivity (Wildman–Crippen MR) is 81.2 cm³/mol. The van der Waals surface area contributed by atoms with Crippen LogP contribution in [0.1, 0.15) is 27.7 Å². The molecule has 0 saturated heterocycles. The molecule has 0 saturated carbocycles. The Morgan fingerprint density at radius 3 is 2.38 bits per heavy atom. The Labute approximate surface area is 125 Å². The van der Waals surface area contributed by atoms with Crippen LogP contribution in [0.25, 0.3) is 0 Å². The Balaban J connectivity index is 2.99. The summed E-state index contributed by atoms with van der Waals surface area (Å²) in [7, 11) is -2.54. The molecule has 21 heavy (non-hydrogen) atoms. The molecule has 0 aliphatic heterocycles. The van der Waals surface area contributed by atoms with Crippen molar-refractivity contribution in [2.75, 3.05) is 19.4 Å². The van der Waals surface area contributed by atoms with Gasteiger partial charge >= 0.3 is 0 Å². The van der Waals surface area contributed by atoms with E-state index in [2.05, 4.69) is 4.72 Å². The summed E-state index contributed by atoms with van der Waals surface area (Å²) in [6, 6.07) is 2.09. The van der Waals surface area contributed by atoms with Crippen molar-refractivity contribution < 1.29 is 17.5 Å². The number of rotatable bonds is 5. The summed E-state index contributed by atoms with van der Waals surface area (Å²) in [4.78, 5) is -0.209. The Kier molecular flexibility index (Phi) is 5.22. The summed E-state index contributed by atoms with van der Waals surface area (Å²) in [6.45, 7) is 8.29. The van der Waals surface area contributed by atoms with Crippen molar-refractivity contribution in [3.8, 4) is 5.75 Å². The number of hydrogen-bond acceptors (Lipinski definition) is 4. The first-order valence-corrected chi connectivity index (χ1v) is 8.10. The van der Waals surface area contributed by atoms with Crippen LogP contribution in [0.4, 0.5) is 10.1 Å². The van der Waals surface area contributed by atoms with Gasteiger partial charge in [-0.1, -0.05) is 27.7 Å². The smallest absolute Gasteiger partial charge is 0.240 e. The lowest BCUT2D eigenvalue weighted by atomic mass is 9.82. The molecule has 0 aliphatic carbocycles. The zero-order chi connectivity index (χ0) is 16.4. The second-order valence-corrected chi connectivity index (χ2v) is 7.91. The number of anilines is 1. The Bertz CT molecular complexity index is 586. The van der Waals surface area contributed by atoms with Crippen LogP contribution in [0, 0.1) is 17.2 Å². The minimum absolute atomic E-state index is 0.0350. The van der Waals surface area contributed by atoms with Gasteiger partial charge in [0.25, 0.3) is 0 Å². The van der Waals surface area contributed by atoms with E-state index in [1.54, 1.807) is 0 Å². The lowest BCUT2D eigenvalue weighted by Crippen LogP contribution is -2.33. The van der Waals surface area contributed by atoms with E-state index in [4.69, 9.17) is 10.5 Å². The maximum absolute atomic E-state index is 13.7. The molecule has 0 bridgehead atoms. The quantitative estimate of drug-likeness (QED) is 0.817. The van der Waals surface area contributed by atoms with E-state index in [0.29, 0.717) is 0 Å². The van der Waals surface area contributed by atoms with Gasteiger partial charge in [0.15, 0.2) is 11.6 Å². The van der Waals surface area contributed by atoms with Crippen LogP contribution in [0.3, 0.4) is 0 Å².